The maximum Gasteiger partial charge on any atom is 0.213 e. The molecule has 1 rings (SSSR count). The van der Waals surface area contributed by atoms with E-state index in [2.05, 4.69) is 4.98 Å². The smallest absolute Gasteiger partial charge is 0.213 e. The van der Waals surface area contributed by atoms with E-state index in [9.17, 15) is 4.39 Å². The molecule has 0 aliphatic heterocycles. The van der Waals surface area contributed by atoms with Gasteiger partial charge in [0.25, 0.3) is 0 Å². The summed E-state index contributed by atoms with van der Waals surface area (Å²) in [6, 6.07) is 1.31. The molecule has 0 spiro atoms. The zero-order valence-corrected chi connectivity index (χ0v) is 6.50. The molecule has 11 heavy (non-hydrogen) atoms. The molecule has 1 heterocycles. The van der Waals surface area contributed by atoms with Crippen molar-refractivity contribution in [3.05, 3.63) is 29.3 Å². The van der Waals surface area contributed by atoms with Gasteiger partial charge in [-0.1, -0.05) is 0 Å². The Hall–Kier alpha value is -0.960. The van der Waals surface area contributed by atoms with E-state index in [1.54, 1.807) is 13.8 Å². The minimum absolute atomic E-state index is 0.508. The Bertz CT molecular complexity index is 260. The molecule has 0 bridgehead atoms. The number of aryl methyl sites for hydroxylation is 1. The SMILES string of the molecule is Cc1cc(F)ncc1C(C)O. The van der Waals surface area contributed by atoms with Crippen LogP contribution in [0.25, 0.3) is 0 Å². The van der Waals surface area contributed by atoms with Crippen molar-refractivity contribution >= 4 is 0 Å². The predicted molar refractivity (Wildman–Crippen MR) is 39.6 cm³/mol. The van der Waals surface area contributed by atoms with Crippen LogP contribution in [0.5, 0.6) is 0 Å². The predicted octanol–water partition coefficient (Wildman–Crippen LogP) is 1.58. The summed E-state index contributed by atoms with van der Waals surface area (Å²) < 4.78 is 12.4. The van der Waals surface area contributed by atoms with E-state index in [0.29, 0.717) is 5.56 Å². The fourth-order valence-electron chi connectivity index (χ4n) is 0.970. The van der Waals surface area contributed by atoms with E-state index in [1.165, 1.54) is 12.3 Å². The Balaban J connectivity index is 3.09. The van der Waals surface area contributed by atoms with Crippen LogP contribution in [0.2, 0.25) is 0 Å². The molecule has 0 aliphatic carbocycles. The van der Waals surface area contributed by atoms with Crippen LogP contribution >= 0.6 is 0 Å². The second-order valence-corrected chi connectivity index (χ2v) is 2.54. The summed E-state index contributed by atoms with van der Waals surface area (Å²) in [5.41, 5.74) is 1.40. The molecule has 2 nitrogen and oxygen atoms in total. The van der Waals surface area contributed by atoms with Gasteiger partial charge < -0.3 is 5.11 Å². The van der Waals surface area contributed by atoms with E-state index >= 15 is 0 Å². The lowest BCUT2D eigenvalue weighted by atomic mass is 10.1. The number of hydrogen-bond donors (Lipinski definition) is 1. The van der Waals surface area contributed by atoms with Gasteiger partial charge >= 0.3 is 0 Å². The molecule has 0 aliphatic rings. The van der Waals surface area contributed by atoms with Crippen LogP contribution in [0.1, 0.15) is 24.2 Å². The second-order valence-electron chi connectivity index (χ2n) is 2.54. The number of rotatable bonds is 1. The maximum absolute atomic E-state index is 12.4. The van der Waals surface area contributed by atoms with E-state index in [0.717, 1.165) is 5.56 Å². The van der Waals surface area contributed by atoms with Crippen molar-refractivity contribution in [2.24, 2.45) is 0 Å². The zero-order chi connectivity index (χ0) is 8.43. The zero-order valence-electron chi connectivity index (χ0n) is 6.50. The lowest BCUT2D eigenvalue weighted by Crippen LogP contribution is -1.97. The Morgan fingerprint density at radius 2 is 2.27 bits per heavy atom. The Morgan fingerprint density at radius 1 is 1.64 bits per heavy atom. The van der Waals surface area contributed by atoms with Crippen molar-refractivity contribution in [2.45, 2.75) is 20.0 Å². The van der Waals surface area contributed by atoms with Crippen LogP contribution in [-0.4, -0.2) is 10.1 Å². The Morgan fingerprint density at radius 3 is 2.73 bits per heavy atom. The number of hydrogen-bond acceptors (Lipinski definition) is 2. The van der Waals surface area contributed by atoms with Crippen molar-refractivity contribution in [3.63, 3.8) is 0 Å². The number of nitrogens with zero attached hydrogens (tertiary/aromatic N) is 1. The third-order valence-electron chi connectivity index (χ3n) is 1.57. The van der Waals surface area contributed by atoms with Crippen LogP contribution in [0.4, 0.5) is 4.39 Å². The van der Waals surface area contributed by atoms with E-state index in [4.69, 9.17) is 5.11 Å². The normalized spacial score (nSPS) is 13.1. The number of aromatic nitrogens is 1. The highest BCUT2D eigenvalue weighted by atomic mass is 19.1. The molecule has 3 heteroatoms. The maximum atomic E-state index is 12.4. The largest absolute Gasteiger partial charge is 0.389 e. The van der Waals surface area contributed by atoms with Crippen LogP contribution in [0, 0.1) is 12.9 Å². The minimum Gasteiger partial charge on any atom is -0.389 e. The molecule has 1 atom stereocenters. The molecule has 0 aromatic carbocycles. The van der Waals surface area contributed by atoms with Crippen molar-refractivity contribution in [1.82, 2.24) is 4.98 Å². The molecular weight excluding hydrogens is 145 g/mol. The first-order valence-corrected chi connectivity index (χ1v) is 3.41. The minimum atomic E-state index is -0.580. The topological polar surface area (TPSA) is 33.1 Å². The molecule has 0 fully saturated rings. The van der Waals surface area contributed by atoms with E-state index in [1.807, 2.05) is 0 Å². The molecule has 0 radical (unpaired) electrons. The van der Waals surface area contributed by atoms with Gasteiger partial charge in [0.1, 0.15) is 0 Å². The summed E-state index contributed by atoms with van der Waals surface area (Å²) in [6.07, 6.45) is 0.776. The molecule has 60 valence electrons. The summed E-state index contributed by atoms with van der Waals surface area (Å²) in [7, 11) is 0. The summed E-state index contributed by atoms with van der Waals surface area (Å²) in [5.74, 6) is -0.508. The molecule has 0 saturated carbocycles. The van der Waals surface area contributed by atoms with Crippen LogP contribution in [0.3, 0.4) is 0 Å². The van der Waals surface area contributed by atoms with E-state index < -0.39 is 12.1 Å². The van der Waals surface area contributed by atoms with Crippen LogP contribution < -0.4 is 0 Å². The average Bonchev–Trinajstić information content (AvgIpc) is 1.85. The standard InChI is InChI=1S/C8H10FNO/c1-5-3-8(9)10-4-7(5)6(2)11/h3-4,6,11H,1-2H3. The summed E-state index contributed by atoms with van der Waals surface area (Å²) >= 11 is 0. The molecule has 1 aromatic heterocycles. The lowest BCUT2D eigenvalue weighted by molar-refractivity contribution is 0.198. The van der Waals surface area contributed by atoms with Crippen molar-refractivity contribution in [2.75, 3.05) is 0 Å². The average molecular weight is 155 g/mol. The summed E-state index contributed by atoms with van der Waals surface area (Å²) in [6.45, 7) is 3.37. The quantitative estimate of drug-likeness (QED) is 0.624. The highest BCUT2D eigenvalue weighted by molar-refractivity contribution is 5.23. The first-order chi connectivity index (χ1) is 5.11. The fraction of sp³-hybridized carbons (Fsp3) is 0.375. The highest BCUT2D eigenvalue weighted by Crippen LogP contribution is 2.15. The van der Waals surface area contributed by atoms with Gasteiger partial charge in [-0.2, -0.15) is 4.39 Å². The highest BCUT2D eigenvalue weighted by Gasteiger charge is 2.05. The van der Waals surface area contributed by atoms with Crippen LogP contribution in [-0.2, 0) is 0 Å². The molecule has 0 saturated heterocycles. The Labute approximate surface area is 64.7 Å². The molecule has 0 amide bonds. The number of aliphatic hydroxyl groups excluding tert-OH is 1. The number of aliphatic hydroxyl groups is 1. The monoisotopic (exact) mass is 155 g/mol. The lowest BCUT2D eigenvalue weighted by Gasteiger charge is -2.06. The number of pyridine rings is 1. The van der Waals surface area contributed by atoms with Gasteiger partial charge in [0.2, 0.25) is 5.95 Å². The van der Waals surface area contributed by atoms with Gasteiger partial charge in [-0.3, -0.25) is 0 Å². The van der Waals surface area contributed by atoms with Gasteiger partial charge in [-0.05, 0) is 25.5 Å². The van der Waals surface area contributed by atoms with Crippen molar-refractivity contribution < 1.29 is 9.50 Å². The third-order valence-corrected chi connectivity index (χ3v) is 1.57. The first-order valence-electron chi connectivity index (χ1n) is 3.41. The summed E-state index contributed by atoms with van der Waals surface area (Å²) in [5, 5.41) is 9.13. The molecule has 1 N–H and O–H groups in total. The molecule has 1 aromatic rings. The fourth-order valence-corrected chi connectivity index (χ4v) is 0.970. The van der Waals surface area contributed by atoms with Crippen molar-refractivity contribution in [1.29, 1.82) is 0 Å². The van der Waals surface area contributed by atoms with E-state index in [-0.39, 0.29) is 0 Å². The molecular formula is C8H10FNO. The summed E-state index contributed by atoms with van der Waals surface area (Å²) in [4.78, 5) is 3.43. The molecule has 1 unspecified atom stereocenters. The number of halogens is 1. The van der Waals surface area contributed by atoms with Crippen LogP contribution in [0.15, 0.2) is 12.3 Å². The second kappa shape index (κ2) is 2.96. The Kier molecular flexibility index (Phi) is 2.19. The van der Waals surface area contributed by atoms with Gasteiger partial charge in [-0.15, -0.1) is 0 Å². The third kappa shape index (κ3) is 1.74. The first kappa shape index (κ1) is 8.14. The van der Waals surface area contributed by atoms with Gasteiger partial charge in [0.15, 0.2) is 0 Å². The van der Waals surface area contributed by atoms with Crippen molar-refractivity contribution in [3.8, 4) is 0 Å². The van der Waals surface area contributed by atoms with Gasteiger partial charge in [-0.25, -0.2) is 4.98 Å². The van der Waals surface area contributed by atoms with Gasteiger partial charge in [0, 0.05) is 11.8 Å². The van der Waals surface area contributed by atoms with Gasteiger partial charge in [0.05, 0.1) is 6.10 Å².